The molecule has 0 radical (unpaired) electrons. The minimum absolute atomic E-state index is 0.192. The lowest BCUT2D eigenvalue weighted by atomic mass is 10.1. The van der Waals surface area contributed by atoms with Gasteiger partial charge in [-0.05, 0) is 66.3 Å². The molecular weight excluding hydrogens is 484 g/mol. The van der Waals surface area contributed by atoms with Gasteiger partial charge in [0.15, 0.2) is 5.11 Å². The van der Waals surface area contributed by atoms with E-state index in [9.17, 15) is 17.6 Å². The Bertz CT molecular complexity index is 1220. The Hall–Kier alpha value is -4.32. The van der Waals surface area contributed by atoms with Gasteiger partial charge in [-0.2, -0.15) is 5.10 Å². The highest BCUT2D eigenvalue weighted by molar-refractivity contribution is 7.80. The van der Waals surface area contributed by atoms with Crippen molar-refractivity contribution in [2.75, 3.05) is 5.32 Å². The van der Waals surface area contributed by atoms with Gasteiger partial charge in [0.1, 0.15) is 23.7 Å². The molecule has 0 fully saturated rings. The molecule has 7 nitrogen and oxygen atoms in total. The van der Waals surface area contributed by atoms with E-state index in [-0.39, 0.29) is 22.5 Å². The number of thiocarbonyl (C=S) groups is 1. The van der Waals surface area contributed by atoms with E-state index in [1.54, 1.807) is 42.6 Å². The first-order valence-electron chi connectivity index (χ1n) is 9.86. The zero-order chi connectivity index (χ0) is 25.3. The van der Waals surface area contributed by atoms with Gasteiger partial charge in [-0.25, -0.2) is 14.4 Å². The quantitative estimate of drug-likeness (QED) is 0.137. The summed E-state index contributed by atoms with van der Waals surface area (Å²) in [5.41, 5.74) is 11.0. The van der Waals surface area contributed by atoms with E-state index in [4.69, 9.17) is 18.0 Å². The molecule has 0 saturated heterocycles. The van der Waals surface area contributed by atoms with Gasteiger partial charge in [0.05, 0.1) is 11.9 Å². The van der Waals surface area contributed by atoms with Crippen molar-refractivity contribution in [2.24, 2.45) is 20.8 Å². The first-order valence-corrected chi connectivity index (χ1v) is 10.3. The number of rotatable bonds is 7. The van der Waals surface area contributed by atoms with Gasteiger partial charge < -0.3 is 15.8 Å². The first-order chi connectivity index (χ1) is 16.7. The third-order valence-electron chi connectivity index (χ3n) is 4.16. The monoisotopic (exact) mass is 502 g/mol. The molecule has 0 aliphatic carbocycles. The van der Waals surface area contributed by atoms with Crippen molar-refractivity contribution in [3.8, 4) is 5.75 Å². The molecule has 0 bridgehead atoms. The van der Waals surface area contributed by atoms with Crippen LogP contribution in [0, 0.1) is 5.82 Å². The van der Waals surface area contributed by atoms with Crippen LogP contribution in [0.5, 0.6) is 5.75 Å². The van der Waals surface area contributed by atoms with Crippen LogP contribution in [0.3, 0.4) is 0 Å². The van der Waals surface area contributed by atoms with E-state index in [1.165, 1.54) is 30.6 Å². The predicted molar refractivity (Wildman–Crippen MR) is 132 cm³/mol. The van der Waals surface area contributed by atoms with Gasteiger partial charge in [-0.15, -0.1) is 13.2 Å². The van der Waals surface area contributed by atoms with Crippen molar-refractivity contribution in [2.45, 2.75) is 6.36 Å². The van der Waals surface area contributed by atoms with Crippen molar-refractivity contribution in [1.29, 1.82) is 0 Å². The van der Waals surface area contributed by atoms with Gasteiger partial charge in [-0.3, -0.25) is 5.43 Å². The van der Waals surface area contributed by atoms with Crippen LogP contribution in [-0.4, -0.2) is 29.9 Å². The van der Waals surface area contributed by atoms with Crippen molar-refractivity contribution < 1.29 is 22.3 Å². The number of benzene rings is 3. The van der Waals surface area contributed by atoms with Crippen molar-refractivity contribution in [3.63, 3.8) is 0 Å². The fourth-order valence-electron chi connectivity index (χ4n) is 2.56. The highest BCUT2D eigenvalue weighted by Crippen LogP contribution is 2.24. The van der Waals surface area contributed by atoms with Crippen LogP contribution in [0.25, 0.3) is 0 Å². The molecule has 0 aliphatic rings. The normalized spacial score (nSPS) is 12.2. The third-order valence-corrected chi connectivity index (χ3v) is 4.36. The maximum atomic E-state index is 12.9. The van der Waals surface area contributed by atoms with Crippen LogP contribution in [0.2, 0.25) is 0 Å². The standard InChI is InChI=1S/C23H18F4N6OS/c24-17-5-7-19(8-6-17)32-22(35)33-31-13-15-1-3-16(4-2-15)21(28)30-14-29-18-9-11-20(12-10-18)34-23(25,26)27/h1-14H,(H2,28,29,30)(H2,32,33,35)/b31-13+. The number of hydrogen-bond acceptors (Lipinski definition) is 4. The van der Waals surface area contributed by atoms with Gasteiger partial charge >= 0.3 is 6.36 Å². The highest BCUT2D eigenvalue weighted by atomic mass is 32.1. The Morgan fingerprint density at radius 2 is 1.60 bits per heavy atom. The molecular formula is C23H18F4N6OS. The number of anilines is 1. The lowest BCUT2D eigenvalue weighted by molar-refractivity contribution is -0.274. The van der Waals surface area contributed by atoms with Crippen LogP contribution in [0.4, 0.5) is 28.9 Å². The summed E-state index contributed by atoms with van der Waals surface area (Å²) < 4.78 is 53.3. The largest absolute Gasteiger partial charge is 0.573 e. The Morgan fingerprint density at radius 1 is 0.943 bits per heavy atom. The number of halogens is 4. The molecule has 0 aliphatic heterocycles. The Kier molecular flexibility index (Phi) is 8.46. The zero-order valence-corrected chi connectivity index (χ0v) is 18.6. The van der Waals surface area contributed by atoms with Crippen LogP contribution in [-0.2, 0) is 0 Å². The lowest BCUT2D eigenvalue weighted by Gasteiger charge is -2.08. The number of nitrogens with zero attached hydrogens (tertiary/aromatic N) is 3. The zero-order valence-electron chi connectivity index (χ0n) is 17.8. The molecule has 0 unspecified atom stereocenters. The first kappa shape index (κ1) is 25.3. The summed E-state index contributed by atoms with van der Waals surface area (Å²) in [7, 11) is 0. The number of nitrogens with one attached hydrogen (secondary N) is 2. The van der Waals surface area contributed by atoms with E-state index in [0.717, 1.165) is 17.7 Å². The molecule has 35 heavy (non-hydrogen) atoms. The fraction of sp³-hybridized carbons (Fsp3) is 0.0435. The van der Waals surface area contributed by atoms with Gasteiger partial charge in [0, 0.05) is 11.3 Å². The summed E-state index contributed by atoms with van der Waals surface area (Å²) in [4.78, 5) is 8.05. The molecule has 3 rings (SSSR count). The molecule has 0 heterocycles. The molecule has 0 aromatic heterocycles. The second-order valence-electron chi connectivity index (χ2n) is 6.75. The Balaban J connectivity index is 1.50. The summed E-state index contributed by atoms with van der Waals surface area (Å²) in [5.74, 6) is -0.497. The predicted octanol–water partition coefficient (Wildman–Crippen LogP) is 5.11. The average Bonchev–Trinajstić information content (AvgIpc) is 2.81. The molecule has 0 amide bonds. The van der Waals surface area contributed by atoms with Gasteiger partial charge in [0.2, 0.25) is 0 Å². The number of hydrazone groups is 1. The number of nitrogens with two attached hydrogens (primary N) is 1. The third kappa shape index (κ3) is 8.85. The Morgan fingerprint density at radius 3 is 2.23 bits per heavy atom. The van der Waals surface area contributed by atoms with Crippen LogP contribution in [0.15, 0.2) is 87.9 Å². The summed E-state index contributed by atoms with van der Waals surface area (Å²) in [6.07, 6.45) is -2.01. The molecule has 0 atom stereocenters. The minimum Gasteiger partial charge on any atom is -0.406 e. The van der Waals surface area contributed by atoms with Crippen LogP contribution in [0.1, 0.15) is 11.1 Å². The second kappa shape index (κ2) is 11.7. The van der Waals surface area contributed by atoms with E-state index in [2.05, 4.69) is 30.6 Å². The van der Waals surface area contributed by atoms with E-state index in [1.807, 2.05) is 0 Å². The summed E-state index contributed by atoms with van der Waals surface area (Å²) in [5, 5.41) is 7.14. The highest BCUT2D eigenvalue weighted by Gasteiger charge is 2.30. The van der Waals surface area contributed by atoms with E-state index < -0.39 is 6.36 Å². The number of hydrogen-bond donors (Lipinski definition) is 3. The SMILES string of the molecule is NC(=NC=Nc1ccc(OC(F)(F)F)cc1)c1ccc(/C=N/NC(=S)Nc2ccc(F)cc2)cc1. The molecule has 180 valence electrons. The average molecular weight is 502 g/mol. The molecule has 4 N–H and O–H groups in total. The molecule has 0 spiro atoms. The lowest BCUT2D eigenvalue weighted by Crippen LogP contribution is -2.23. The minimum atomic E-state index is -4.75. The number of amidine groups is 1. The van der Waals surface area contributed by atoms with Crippen molar-refractivity contribution >= 4 is 47.1 Å². The van der Waals surface area contributed by atoms with Gasteiger partial charge in [0.25, 0.3) is 0 Å². The van der Waals surface area contributed by atoms with Crippen LogP contribution < -0.4 is 21.2 Å². The molecule has 3 aromatic rings. The Labute approximate surface area is 203 Å². The fourth-order valence-corrected chi connectivity index (χ4v) is 2.73. The van der Waals surface area contributed by atoms with E-state index >= 15 is 0 Å². The maximum absolute atomic E-state index is 12.9. The van der Waals surface area contributed by atoms with Crippen molar-refractivity contribution in [1.82, 2.24) is 5.43 Å². The summed E-state index contributed by atoms with van der Waals surface area (Å²) in [6.45, 7) is 0. The maximum Gasteiger partial charge on any atom is 0.573 e. The molecule has 3 aromatic carbocycles. The smallest absolute Gasteiger partial charge is 0.406 e. The number of alkyl halides is 3. The molecule has 12 heteroatoms. The number of aliphatic imine (C=N–C) groups is 2. The van der Waals surface area contributed by atoms with Gasteiger partial charge in [-0.1, -0.05) is 24.3 Å². The number of ether oxygens (including phenoxy) is 1. The van der Waals surface area contributed by atoms with E-state index in [0.29, 0.717) is 16.9 Å². The topological polar surface area (TPSA) is 96.4 Å². The molecule has 0 saturated carbocycles. The second-order valence-corrected chi connectivity index (χ2v) is 7.16. The van der Waals surface area contributed by atoms with Crippen molar-refractivity contribution in [3.05, 3.63) is 89.7 Å². The summed E-state index contributed by atoms with van der Waals surface area (Å²) >= 11 is 5.12. The van der Waals surface area contributed by atoms with Crippen LogP contribution >= 0.6 is 12.2 Å². The summed E-state index contributed by atoms with van der Waals surface area (Å²) in [6, 6.07) is 17.7.